The first-order valence-corrected chi connectivity index (χ1v) is 6.07. The molecule has 0 radical (unpaired) electrons. The van der Waals surface area contributed by atoms with Gasteiger partial charge in [-0.25, -0.2) is 14.8 Å². The Kier molecular flexibility index (Phi) is 3.23. The molecule has 0 unspecified atom stereocenters. The molecule has 2 aromatic rings. The molecule has 0 saturated carbocycles. The van der Waals surface area contributed by atoms with Gasteiger partial charge >= 0.3 is 5.97 Å². The van der Waals surface area contributed by atoms with Crippen LogP contribution in [0.5, 0.6) is 5.88 Å². The zero-order chi connectivity index (χ0) is 12.4. The maximum atomic E-state index is 11.0. The number of hydrogen-bond donors (Lipinski definition) is 1. The predicted octanol–water partition coefficient (Wildman–Crippen LogP) is 2.49. The molecule has 0 amide bonds. The Bertz CT molecular complexity index is 565. The van der Waals surface area contributed by atoms with Gasteiger partial charge in [-0.2, -0.15) is 0 Å². The number of fused-ring (bicyclic) bond motifs is 1. The number of hydrogen-bond acceptors (Lipinski definition) is 5. The highest BCUT2D eigenvalue weighted by atomic mass is 32.1. The Morgan fingerprint density at radius 3 is 2.94 bits per heavy atom. The molecule has 2 heterocycles. The van der Waals surface area contributed by atoms with Gasteiger partial charge in [0.2, 0.25) is 5.88 Å². The van der Waals surface area contributed by atoms with E-state index in [0.717, 1.165) is 17.8 Å². The largest absolute Gasteiger partial charge is 0.477 e. The third-order valence-corrected chi connectivity index (χ3v) is 3.52. The predicted molar refractivity (Wildman–Crippen MR) is 64.9 cm³/mol. The van der Waals surface area contributed by atoms with Crippen molar-refractivity contribution in [1.82, 2.24) is 9.97 Å². The fraction of sp³-hybridized carbons (Fsp3) is 0.364. The molecule has 0 aliphatic rings. The van der Waals surface area contributed by atoms with E-state index >= 15 is 0 Å². The first kappa shape index (κ1) is 11.8. The molecule has 2 aromatic heterocycles. The van der Waals surface area contributed by atoms with Gasteiger partial charge in [0.15, 0.2) is 0 Å². The zero-order valence-corrected chi connectivity index (χ0v) is 10.4. The summed E-state index contributed by atoms with van der Waals surface area (Å²) < 4.78 is 5.50. The Balaban J connectivity index is 2.58. The number of aromatic nitrogens is 2. The minimum Gasteiger partial charge on any atom is -0.477 e. The molecular weight excluding hydrogens is 240 g/mol. The van der Waals surface area contributed by atoms with Crippen molar-refractivity contribution in [2.75, 3.05) is 6.61 Å². The average Bonchev–Trinajstić information content (AvgIpc) is 2.65. The first-order valence-electron chi connectivity index (χ1n) is 5.25. The van der Waals surface area contributed by atoms with Gasteiger partial charge in [-0.15, -0.1) is 11.3 Å². The van der Waals surface area contributed by atoms with Crippen LogP contribution in [-0.4, -0.2) is 27.7 Å². The summed E-state index contributed by atoms with van der Waals surface area (Å²) in [6.07, 6.45) is 2.27. The second-order valence-electron chi connectivity index (χ2n) is 3.57. The summed E-state index contributed by atoms with van der Waals surface area (Å²) in [5.74, 6) is -0.468. The van der Waals surface area contributed by atoms with Gasteiger partial charge in [0, 0.05) is 0 Å². The first-order chi connectivity index (χ1) is 8.15. The van der Waals surface area contributed by atoms with Gasteiger partial charge in [-0.3, -0.25) is 0 Å². The fourth-order valence-electron chi connectivity index (χ4n) is 1.55. The van der Waals surface area contributed by atoms with Crippen molar-refractivity contribution < 1.29 is 14.6 Å². The standard InChI is InChI=1S/C11H12N2O3S/c1-3-4-16-9-7-6(2)8(11(14)15)17-10(7)13-5-12-9/h5H,3-4H2,1-2H3,(H,14,15). The van der Waals surface area contributed by atoms with Gasteiger partial charge in [-0.05, 0) is 18.9 Å². The van der Waals surface area contributed by atoms with Crippen molar-refractivity contribution in [2.45, 2.75) is 20.3 Å². The normalized spacial score (nSPS) is 10.7. The van der Waals surface area contributed by atoms with E-state index in [1.165, 1.54) is 6.33 Å². The van der Waals surface area contributed by atoms with Gasteiger partial charge < -0.3 is 9.84 Å². The second-order valence-corrected chi connectivity index (χ2v) is 4.57. The molecule has 0 bridgehead atoms. The van der Waals surface area contributed by atoms with E-state index in [0.29, 0.717) is 33.1 Å². The van der Waals surface area contributed by atoms with Crippen LogP contribution in [0.2, 0.25) is 0 Å². The lowest BCUT2D eigenvalue weighted by atomic mass is 10.2. The third kappa shape index (κ3) is 2.08. The molecule has 0 saturated heterocycles. The maximum Gasteiger partial charge on any atom is 0.346 e. The van der Waals surface area contributed by atoms with Crippen LogP contribution in [0.4, 0.5) is 0 Å². The molecule has 90 valence electrons. The van der Waals surface area contributed by atoms with Crippen molar-refractivity contribution in [1.29, 1.82) is 0 Å². The number of ether oxygens (including phenoxy) is 1. The quantitative estimate of drug-likeness (QED) is 0.905. The van der Waals surface area contributed by atoms with Gasteiger partial charge in [-0.1, -0.05) is 6.92 Å². The van der Waals surface area contributed by atoms with Crippen LogP contribution in [-0.2, 0) is 0 Å². The number of nitrogens with zero attached hydrogens (tertiary/aromatic N) is 2. The minimum absolute atomic E-state index is 0.293. The van der Waals surface area contributed by atoms with Gasteiger partial charge in [0.05, 0.1) is 12.0 Å². The van der Waals surface area contributed by atoms with Crippen LogP contribution in [0.1, 0.15) is 28.6 Å². The lowest BCUT2D eigenvalue weighted by molar-refractivity contribution is 0.0701. The number of aromatic carboxylic acids is 1. The highest BCUT2D eigenvalue weighted by Gasteiger charge is 2.19. The van der Waals surface area contributed by atoms with E-state index in [1.807, 2.05) is 6.92 Å². The summed E-state index contributed by atoms with van der Waals surface area (Å²) in [5.41, 5.74) is 0.671. The molecule has 0 aromatic carbocycles. The lowest BCUT2D eigenvalue weighted by Gasteiger charge is -2.04. The van der Waals surface area contributed by atoms with Crippen LogP contribution < -0.4 is 4.74 Å². The van der Waals surface area contributed by atoms with E-state index in [-0.39, 0.29) is 0 Å². The molecule has 5 nitrogen and oxygen atoms in total. The fourth-order valence-corrected chi connectivity index (χ4v) is 2.53. The van der Waals surface area contributed by atoms with Crippen molar-refractivity contribution in [3.05, 3.63) is 16.8 Å². The molecule has 0 fully saturated rings. The van der Waals surface area contributed by atoms with Crippen LogP contribution in [0.25, 0.3) is 10.2 Å². The summed E-state index contributed by atoms with van der Waals surface area (Å²) in [6, 6.07) is 0. The number of thiophene rings is 1. The average molecular weight is 252 g/mol. The molecule has 6 heteroatoms. The van der Waals surface area contributed by atoms with Crippen LogP contribution in [0.15, 0.2) is 6.33 Å². The summed E-state index contributed by atoms with van der Waals surface area (Å²) in [7, 11) is 0. The topological polar surface area (TPSA) is 72.3 Å². The van der Waals surface area contributed by atoms with E-state index in [2.05, 4.69) is 9.97 Å². The number of aryl methyl sites for hydroxylation is 1. The van der Waals surface area contributed by atoms with Gasteiger partial charge in [0.1, 0.15) is 16.0 Å². The maximum absolute atomic E-state index is 11.0. The number of carboxylic acid groups (broad SMARTS) is 1. The highest BCUT2D eigenvalue weighted by Crippen LogP contribution is 2.34. The summed E-state index contributed by atoms with van der Waals surface area (Å²) >= 11 is 1.15. The van der Waals surface area contributed by atoms with E-state index in [1.54, 1.807) is 6.92 Å². The molecule has 17 heavy (non-hydrogen) atoms. The van der Waals surface area contributed by atoms with E-state index < -0.39 is 5.97 Å². The molecule has 0 spiro atoms. The summed E-state index contributed by atoms with van der Waals surface area (Å²) in [5, 5.41) is 9.77. The van der Waals surface area contributed by atoms with Crippen LogP contribution in [0, 0.1) is 6.92 Å². The molecule has 0 aliphatic carbocycles. The van der Waals surface area contributed by atoms with Crippen LogP contribution in [0.3, 0.4) is 0 Å². The molecule has 1 N–H and O–H groups in total. The van der Waals surface area contributed by atoms with E-state index in [4.69, 9.17) is 9.84 Å². The molecule has 2 rings (SSSR count). The Morgan fingerprint density at radius 2 is 2.29 bits per heavy atom. The van der Waals surface area contributed by atoms with Gasteiger partial charge in [0.25, 0.3) is 0 Å². The number of carbonyl (C=O) groups is 1. The SMILES string of the molecule is CCCOc1ncnc2sc(C(=O)O)c(C)c12. The zero-order valence-electron chi connectivity index (χ0n) is 9.56. The third-order valence-electron chi connectivity index (χ3n) is 2.33. The number of rotatable bonds is 4. The monoisotopic (exact) mass is 252 g/mol. The molecular formula is C11H12N2O3S. The Morgan fingerprint density at radius 1 is 1.53 bits per heavy atom. The highest BCUT2D eigenvalue weighted by molar-refractivity contribution is 7.20. The minimum atomic E-state index is -0.938. The van der Waals surface area contributed by atoms with Crippen molar-refractivity contribution in [3.8, 4) is 5.88 Å². The summed E-state index contributed by atoms with van der Waals surface area (Å²) in [4.78, 5) is 20.1. The van der Waals surface area contributed by atoms with Crippen molar-refractivity contribution in [2.24, 2.45) is 0 Å². The van der Waals surface area contributed by atoms with Crippen LogP contribution >= 0.6 is 11.3 Å². The Labute approximate surface area is 102 Å². The molecule has 0 aliphatic heterocycles. The number of carboxylic acids is 1. The van der Waals surface area contributed by atoms with Crippen molar-refractivity contribution in [3.63, 3.8) is 0 Å². The smallest absolute Gasteiger partial charge is 0.346 e. The Hall–Kier alpha value is -1.69. The summed E-state index contributed by atoms with van der Waals surface area (Å²) in [6.45, 7) is 4.32. The second kappa shape index (κ2) is 4.67. The van der Waals surface area contributed by atoms with E-state index in [9.17, 15) is 4.79 Å². The lowest BCUT2D eigenvalue weighted by Crippen LogP contribution is -1.99. The molecule has 0 atom stereocenters. The van der Waals surface area contributed by atoms with Crippen molar-refractivity contribution >= 4 is 27.5 Å².